The van der Waals surface area contributed by atoms with E-state index in [2.05, 4.69) is 20.7 Å². The first-order valence-corrected chi connectivity index (χ1v) is 10.9. The predicted molar refractivity (Wildman–Crippen MR) is 119 cm³/mol. The van der Waals surface area contributed by atoms with E-state index in [1.807, 2.05) is 13.0 Å². The van der Waals surface area contributed by atoms with Crippen LogP contribution in [-0.4, -0.2) is 56.8 Å². The second-order valence-electron chi connectivity index (χ2n) is 8.49. The van der Waals surface area contributed by atoms with Gasteiger partial charge in [0, 0.05) is 12.1 Å². The minimum Gasteiger partial charge on any atom is -0.451 e. The van der Waals surface area contributed by atoms with Crippen molar-refractivity contribution in [3.05, 3.63) is 53.9 Å². The molecule has 1 aliphatic heterocycles. The lowest BCUT2D eigenvalue weighted by molar-refractivity contribution is -0.117. The Morgan fingerprint density at radius 2 is 2.14 bits per heavy atom. The number of alkyl halides is 1. The van der Waals surface area contributed by atoms with Gasteiger partial charge >= 0.3 is 0 Å². The monoisotopic (exact) mass is 477 g/mol. The number of carbonyl (C=O) groups is 3. The summed E-state index contributed by atoms with van der Waals surface area (Å²) in [7, 11) is 0. The van der Waals surface area contributed by atoms with Crippen LogP contribution in [0, 0.1) is 17.2 Å². The second-order valence-corrected chi connectivity index (χ2v) is 8.49. The molecule has 3 atom stereocenters. The van der Waals surface area contributed by atoms with Gasteiger partial charge in [-0.2, -0.15) is 10.4 Å². The highest BCUT2D eigenvalue weighted by Gasteiger charge is 2.44. The molecule has 0 unspecified atom stereocenters. The quantitative estimate of drug-likeness (QED) is 0.553. The van der Waals surface area contributed by atoms with Crippen molar-refractivity contribution in [2.45, 2.75) is 25.6 Å². The molecule has 11 nitrogen and oxygen atoms in total. The average molecular weight is 477 g/mol. The highest BCUT2D eigenvalue weighted by atomic mass is 19.1. The number of hydrogen-bond acceptors (Lipinski definition) is 7. The number of rotatable bonds is 6. The zero-order chi connectivity index (χ0) is 24.7. The van der Waals surface area contributed by atoms with Gasteiger partial charge in [-0.1, -0.05) is 0 Å². The highest BCUT2D eigenvalue weighted by molar-refractivity contribution is 6.00. The number of aromatic nitrogens is 3. The number of fused-ring (bicyclic) bond motifs is 1. The van der Waals surface area contributed by atoms with Crippen molar-refractivity contribution in [1.82, 2.24) is 25.0 Å². The number of hydrogen-bond donors (Lipinski definition) is 2. The van der Waals surface area contributed by atoms with Crippen LogP contribution in [0.15, 0.2) is 41.3 Å². The average Bonchev–Trinajstić information content (AvgIpc) is 3.23. The zero-order valence-electron chi connectivity index (χ0n) is 18.6. The minimum absolute atomic E-state index is 0.0284. The Morgan fingerprint density at radius 3 is 2.83 bits per heavy atom. The van der Waals surface area contributed by atoms with E-state index in [1.165, 1.54) is 17.2 Å². The summed E-state index contributed by atoms with van der Waals surface area (Å²) < 4.78 is 19.8. The van der Waals surface area contributed by atoms with Gasteiger partial charge in [0.05, 0.1) is 41.6 Å². The van der Waals surface area contributed by atoms with Crippen LogP contribution in [0.4, 0.5) is 10.1 Å². The number of benzene rings is 1. The molecule has 0 radical (unpaired) electrons. The molecule has 1 fully saturated rings. The van der Waals surface area contributed by atoms with Crippen molar-refractivity contribution < 1.29 is 23.2 Å². The molecule has 1 saturated carbocycles. The third-order valence-corrected chi connectivity index (χ3v) is 5.97. The summed E-state index contributed by atoms with van der Waals surface area (Å²) in [6.45, 7) is 2.16. The molecule has 2 aliphatic rings. The Morgan fingerprint density at radius 1 is 1.34 bits per heavy atom. The maximum Gasteiger partial charge on any atom is 0.274 e. The van der Waals surface area contributed by atoms with Gasteiger partial charge in [0.25, 0.3) is 11.8 Å². The third-order valence-electron chi connectivity index (χ3n) is 5.97. The number of nitrogens with one attached hydrogen (secondary N) is 2. The number of nitrogens with zero attached hydrogens (tertiary/aromatic N) is 5. The standard InChI is InChI=1S/C23H20FN7O4/c1-12-8-30(10-26-22(33)19-9-35-11-27-19)23(34)20-6-18(29-31(12)20)14-3-2-13(7-25)4-17(14)28-21(32)15-5-16(15)24/h2-4,6,9,11-12,15-16H,5,8,10H2,1H3,(H,26,33)(H,28,32)/t12-,15-,16+/m0/s1. The van der Waals surface area contributed by atoms with Gasteiger partial charge in [-0.25, -0.2) is 9.37 Å². The molecular weight excluding hydrogens is 457 g/mol. The molecule has 0 spiro atoms. The molecule has 178 valence electrons. The van der Waals surface area contributed by atoms with Crippen molar-refractivity contribution in [3.8, 4) is 17.3 Å². The number of anilines is 1. The lowest BCUT2D eigenvalue weighted by Crippen LogP contribution is -2.47. The first-order chi connectivity index (χ1) is 16.9. The van der Waals surface area contributed by atoms with Crippen molar-refractivity contribution in [2.24, 2.45) is 5.92 Å². The van der Waals surface area contributed by atoms with Crippen LogP contribution in [0.25, 0.3) is 11.3 Å². The molecule has 5 rings (SSSR count). The molecule has 2 aromatic heterocycles. The topological polar surface area (TPSA) is 146 Å². The third kappa shape index (κ3) is 4.23. The molecular formula is C23H20FN7O4. The van der Waals surface area contributed by atoms with E-state index in [1.54, 1.807) is 22.9 Å². The van der Waals surface area contributed by atoms with Gasteiger partial charge in [-0.3, -0.25) is 19.1 Å². The summed E-state index contributed by atoms with van der Waals surface area (Å²) in [5, 5.41) is 19.2. The SMILES string of the molecule is C[C@H]1CN(CNC(=O)c2cocn2)C(=O)c2cc(-c3ccc(C#N)cc3NC(=O)[C@H]3C[C@H]3F)nn21. The predicted octanol–water partition coefficient (Wildman–Crippen LogP) is 2.11. The maximum absolute atomic E-state index is 13.4. The lowest BCUT2D eigenvalue weighted by atomic mass is 10.1. The van der Waals surface area contributed by atoms with E-state index in [4.69, 9.17) is 4.42 Å². The Hall–Kier alpha value is -4.53. The Balaban J connectivity index is 1.39. The second kappa shape index (κ2) is 8.68. The Labute approximate surface area is 198 Å². The Bertz CT molecular complexity index is 1360. The van der Waals surface area contributed by atoms with Crippen LogP contribution >= 0.6 is 0 Å². The maximum atomic E-state index is 13.4. The molecule has 0 bridgehead atoms. The summed E-state index contributed by atoms with van der Waals surface area (Å²) >= 11 is 0. The summed E-state index contributed by atoms with van der Waals surface area (Å²) in [5.74, 6) is -1.97. The summed E-state index contributed by atoms with van der Waals surface area (Å²) in [6.07, 6.45) is 1.37. The molecule has 2 N–H and O–H groups in total. The van der Waals surface area contributed by atoms with E-state index in [0.717, 1.165) is 6.39 Å². The summed E-state index contributed by atoms with van der Waals surface area (Å²) in [4.78, 5) is 42.9. The summed E-state index contributed by atoms with van der Waals surface area (Å²) in [5.41, 5.74) is 1.97. The van der Waals surface area contributed by atoms with E-state index in [-0.39, 0.29) is 30.7 Å². The van der Waals surface area contributed by atoms with Gasteiger partial charge in [-0.05, 0) is 37.6 Å². The van der Waals surface area contributed by atoms with Crippen molar-refractivity contribution >= 4 is 23.4 Å². The number of halogens is 1. The fraction of sp³-hybridized carbons (Fsp3) is 0.304. The fourth-order valence-electron chi connectivity index (χ4n) is 3.98. The molecule has 3 aromatic rings. The number of carbonyl (C=O) groups excluding carboxylic acids is 3. The van der Waals surface area contributed by atoms with Crippen LogP contribution in [0.2, 0.25) is 0 Å². The molecule has 3 heterocycles. The van der Waals surface area contributed by atoms with Crippen molar-refractivity contribution in [1.29, 1.82) is 5.26 Å². The van der Waals surface area contributed by atoms with Gasteiger partial charge in [0.2, 0.25) is 5.91 Å². The molecule has 0 saturated heterocycles. The lowest BCUT2D eigenvalue weighted by Gasteiger charge is -2.31. The minimum atomic E-state index is -1.16. The largest absolute Gasteiger partial charge is 0.451 e. The number of oxazole rings is 1. The van der Waals surface area contributed by atoms with Crippen molar-refractivity contribution in [2.75, 3.05) is 18.5 Å². The van der Waals surface area contributed by atoms with Gasteiger partial charge < -0.3 is 20.0 Å². The normalized spacial score (nSPS) is 20.7. The van der Waals surface area contributed by atoms with Crippen LogP contribution in [0.3, 0.4) is 0 Å². The smallest absolute Gasteiger partial charge is 0.274 e. The van der Waals surface area contributed by atoms with Gasteiger partial charge in [-0.15, -0.1) is 0 Å². The number of nitriles is 1. The van der Waals surface area contributed by atoms with Gasteiger partial charge in [0.1, 0.15) is 18.1 Å². The number of amides is 3. The van der Waals surface area contributed by atoms with Crippen molar-refractivity contribution in [3.63, 3.8) is 0 Å². The van der Waals surface area contributed by atoms with Crippen LogP contribution < -0.4 is 10.6 Å². The van der Waals surface area contributed by atoms with Crippen LogP contribution in [0.1, 0.15) is 45.9 Å². The fourth-order valence-corrected chi connectivity index (χ4v) is 3.98. The highest BCUT2D eigenvalue weighted by Crippen LogP contribution is 2.37. The van der Waals surface area contributed by atoms with E-state index in [9.17, 15) is 24.0 Å². The Kier molecular flexibility index (Phi) is 5.52. The first-order valence-electron chi connectivity index (χ1n) is 10.9. The van der Waals surface area contributed by atoms with Gasteiger partial charge in [0.15, 0.2) is 12.1 Å². The molecule has 1 aliphatic carbocycles. The first kappa shape index (κ1) is 22.3. The van der Waals surface area contributed by atoms with E-state index < -0.39 is 23.9 Å². The van der Waals surface area contributed by atoms with Crippen LogP contribution in [0.5, 0.6) is 0 Å². The van der Waals surface area contributed by atoms with E-state index >= 15 is 0 Å². The zero-order valence-corrected chi connectivity index (χ0v) is 18.6. The molecule has 1 aromatic carbocycles. The van der Waals surface area contributed by atoms with Crippen LogP contribution in [-0.2, 0) is 4.79 Å². The summed E-state index contributed by atoms with van der Waals surface area (Å²) in [6, 6.07) is 8.12. The molecule has 12 heteroatoms. The van der Waals surface area contributed by atoms with E-state index in [0.29, 0.717) is 34.7 Å². The molecule has 3 amide bonds. The molecule has 35 heavy (non-hydrogen) atoms.